The van der Waals surface area contributed by atoms with E-state index in [0.717, 1.165) is 89.9 Å². The molecule has 0 aromatic rings. The molecule has 0 aromatic heterocycles. The van der Waals surface area contributed by atoms with Crippen LogP contribution in [0.3, 0.4) is 0 Å². The highest BCUT2D eigenvalue weighted by Crippen LogP contribution is 2.24. The van der Waals surface area contributed by atoms with Gasteiger partial charge in [0.25, 0.3) is 0 Å². The van der Waals surface area contributed by atoms with Crippen molar-refractivity contribution < 1.29 is 39.8 Å². The molecule has 0 aromatic carbocycles. The van der Waals surface area contributed by atoms with Crippen LogP contribution >= 0.6 is 0 Å². The average Bonchev–Trinajstić information content (AvgIpc) is 3.46. The fourth-order valence-corrected chi connectivity index (χ4v) is 10.8. The fourth-order valence-electron chi connectivity index (χ4n) is 10.8. The molecule has 7 atom stereocenters. The number of allylic oxidation sites excluding steroid dienone is 12. The van der Waals surface area contributed by atoms with Gasteiger partial charge in [-0.25, -0.2) is 0 Å². The zero-order valence-corrected chi connectivity index (χ0v) is 52.1. The SMILES string of the molecule is CC/C=C\C/C=C\C/C=C\C/C=C\C/C=C\C/C=C\CCCCCCCCCCC(=O)NC(COC1OC(CO)C(O)C(O)C1O)C(O)CCCCCCCCCCCCCCCCCCCCCCCCCCCCCCCC. The lowest BCUT2D eigenvalue weighted by atomic mass is 9.99. The van der Waals surface area contributed by atoms with Gasteiger partial charge in [-0.05, 0) is 64.2 Å². The van der Waals surface area contributed by atoms with Gasteiger partial charge in [-0.2, -0.15) is 0 Å². The number of amides is 1. The molecule has 0 radical (unpaired) electrons. The molecule has 0 aliphatic carbocycles. The van der Waals surface area contributed by atoms with Gasteiger partial charge in [0, 0.05) is 6.42 Å². The standard InChI is InChI=1S/C71H129NO8/c1-3-5-7-9-11-13-15-17-19-21-23-25-27-29-31-32-33-35-36-38-40-42-44-46-48-50-52-54-56-58-60-65(74)64(63-79-71-70(78)69(77)68(76)66(62-73)80-71)72-67(75)61-59-57-55-53-51-49-47-45-43-41-39-37-34-30-28-26-24-22-20-18-16-14-12-10-8-6-4-2/h6,8,12,14,18,20,24,26,30,34,39,41,64-66,68-71,73-74,76-78H,3-5,7,9-11,13,15-17,19,21-23,25,27-29,31-33,35-38,40,42-63H2,1-2H3,(H,72,75)/b8-6-,14-12-,20-18-,26-24-,34-30-,41-39-. The predicted molar refractivity (Wildman–Crippen MR) is 341 cm³/mol. The van der Waals surface area contributed by atoms with E-state index in [1.807, 2.05) is 0 Å². The predicted octanol–water partition coefficient (Wildman–Crippen LogP) is 18.4. The van der Waals surface area contributed by atoms with Crippen LogP contribution in [-0.4, -0.2) is 87.5 Å². The van der Waals surface area contributed by atoms with Gasteiger partial charge < -0.3 is 40.3 Å². The van der Waals surface area contributed by atoms with Crippen molar-refractivity contribution in [2.24, 2.45) is 0 Å². The zero-order chi connectivity index (χ0) is 57.9. The lowest BCUT2D eigenvalue weighted by molar-refractivity contribution is -0.302. The second kappa shape index (κ2) is 59.8. The second-order valence-electron chi connectivity index (χ2n) is 23.6. The summed E-state index contributed by atoms with van der Waals surface area (Å²) < 4.78 is 11.4. The van der Waals surface area contributed by atoms with E-state index in [0.29, 0.717) is 12.8 Å². The Morgan fingerprint density at radius 2 is 0.775 bits per heavy atom. The molecule has 1 aliphatic rings. The number of carbonyl (C=O) groups is 1. The smallest absolute Gasteiger partial charge is 0.220 e. The van der Waals surface area contributed by atoms with Gasteiger partial charge >= 0.3 is 0 Å². The number of aliphatic hydroxyl groups is 5. The van der Waals surface area contributed by atoms with E-state index in [2.05, 4.69) is 92.1 Å². The van der Waals surface area contributed by atoms with Crippen LogP contribution in [0.2, 0.25) is 0 Å². The number of unbranched alkanes of at least 4 members (excludes halogenated alkanes) is 37. The number of aliphatic hydroxyl groups excluding tert-OH is 5. The zero-order valence-electron chi connectivity index (χ0n) is 52.1. The maximum atomic E-state index is 13.1. The minimum Gasteiger partial charge on any atom is -0.394 e. The minimum atomic E-state index is -1.56. The van der Waals surface area contributed by atoms with Crippen molar-refractivity contribution in [3.8, 4) is 0 Å². The summed E-state index contributed by atoms with van der Waals surface area (Å²) in [7, 11) is 0. The van der Waals surface area contributed by atoms with Crippen LogP contribution in [-0.2, 0) is 14.3 Å². The van der Waals surface area contributed by atoms with Crippen molar-refractivity contribution in [2.45, 2.75) is 358 Å². The molecule has 1 amide bonds. The molecule has 1 saturated heterocycles. The Morgan fingerprint density at radius 1 is 0.438 bits per heavy atom. The van der Waals surface area contributed by atoms with Crippen molar-refractivity contribution in [3.05, 3.63) is 72.9 Å². The molecule has 9 nitrogen and oxygen atoms in total. The molecular formula is C71H129NO8. The molecule has 7 unspecified atom stereocenters. The van der Waals surface area contributed by atoms with Gasteiger partial charge in [0.2, 0.25) is 5.91 Å². The van der Waals surface area contributed by atoms with Crippen LogP contribution in [0.4, 0.5) is 0 Å². The first-order valence-corrected chi connectivity index (χ1v) is 34.1. The Labute approximate surface area is 493 Å². The number of carbonyl (C=O) groups excluding carboxylic acids is 1. The number of nitrogens with one attached hydrogen (secondary N) is 1. The Kier molecular flexibility index (Phi) is 56.5. The first-order chi connectivity index (χ1) is 39.3. The lowest BCUT2D eigenvalue weighted by Crippen LogP contribution is -2.60. The fraction of sp³-hybridized carbons (Fsp3) is 0.817. The van der Waals surface area contributed by atoms with Crippen LogP contribution in [0.1, 0.15) is 316 Å². The first kappa shape index (κ1) is 75.6. The lowest BCUT2D eigenvalue weighted by Gasteiger charge is -2.40. The molecular weight excluding hydrogens is 995 g/mol. The Balaban J connectivity index is 2.14. The van der Waals surface area contributed by atoms with E-state index < -0.39 is 49.5 Å². The van der Waals surface area contributed by atoms with Crippen LogP contribution in [0, 0.1) is 0 Å². The maximum Gasteiger partial charge on any atom is 0.220 e. The van der Waals surface area contributed by atoms with Crippen molar-refractivity contribution in [1.29, 1.82) is 0 Å². The molecule has 0 bridgehead atoms. The Bertz CT molecular complexity index is 1490. The summed E-state index contributed by atoms with van der Waals surface area (Å²) in [5.74, 6) is -0.151. The molecule has 1 heterocycles. The molecule has 80 heavy (non-hydrogen) atoms. The second-order valence-corrected chi connectivity index (χ2v) is 23.6. The van der Waals surface area contributed by atoms with Gasteiger partial charge in [0.05, 0.1) is 25.4 Å². The van der Waals surface area contributed by atoms with E-state index in [-0.39, 0.29) is 12.5 Å². The summed E-state index contributed by atoms with van der Waals surface area (Å²) in [6.07, 6.45) is 76.7. The summed E-state index contributed by atoms with van der Waals surface area (Å²) in [6, 6.07) is -0.730. The largest absolute Gasteiger partial charge is 0.394 e. The first-order valence-electron chi connectivity index (χ1n) is 34.1. The van der Waals surface area contributed by atoms with Gasteiger partial charge in [-0.1, -0.05) is 318 Å². The van der Waals surface area contributed by atoms with E-state index >= 15 is 0 Å². The molecule has 1 aliphatic heterocycles. The summed E-state index contributed by atoms with van der Waals surface area (Å²) in [5, 5.41) is 54.9. The summed E-state index contributed by atoms with van der Waals surface area (Å²) >= 11 is 0. The van der Waals surface area contributed by atoms with E-state index in [1.54, 1.807) is 0 Å². The summed E-state index contributed by atoms with van der Waals surface area (Å²) in [4.78, 5) is 13.1. The van der Waals surface area contributed by atoms with E-state index in [4.69, 9.17) is 9.47 Å². The topological polar surface area (TPSA) is 149 Å². The van der Waals surface area contributed by atoms with Crippen molar-refractivity contribution >= 4 is 5.91 Å². The van der Waals surface area contributed by atoms with Gasteiger partial charge in [-0.15, -0.1) is 0 Å². The van der Waals surface area contributed by atoms with Crippen LogP contribution in [0.5, 0.6) is 0 Å². The number of hydrogen-bond donors (Lipinski definition) is 6. The molecule has 1 rings (SSSR count). The van der Waals surface area contributed by atoms with E-state index in [1.165, 1.54) is 199 Å². The highest BCUT2D eigenvalue weighted by molar-refractivity contribution is 5.76. The Morgan fingerprint density at radius 3 is 1.15 bits per heavy atom. The maximum absolute atomic E-state index is 13.1. The average molecular weight is 1120 g/mol. The summed E-state index contributed by atoms with van der Waals surface area (Å²) in [6.45, 7) is 3.75. The molecule has 9 heteroatoms. The normalized spacial score (nSPS) is 18.9. The number of rotatable bonds is 59. The molecule has 0 spiro atoms. The molecule has 1 fully saturated rings. The van der Waals surface area contributed by atoms with Crippen molar-refractivity contribution in [1.82, 2.24) is 5.32 Å². The molecule has 466 valence electrons. The third kappa shape index (κ3) is 48.0. The van der Waals surface area contributed by atoms with Gasteiger partial charge in [-0.3, -0.25) is 4.79 Å². The third-order valence-corrected chi connectivity index (χ3v) is 16.1. The van der Waals surface area contributed by atoms with Crippen LogP contribution < -0.4 is 5.32 Å². The van der Waals surface area contributed by atoms with E-state index in [9.17, 15) is 30.3 Å². The van der Waals surface area contributed by atoms with Gasteiger partial charge in [0.1, 0.15) is 24.4 Å². The summed E-state index contributed by atoms with van der Waals surface area (Å²) in [5.41, 5.74) is 0. The highest BCUT2D eigenvalue weighted by Gasteiger charge is 2.44. The number of hydrogen-bond acceptors (Lipinski definition) is 8. The third-order valence-electron chi connectivity index (χ3n) is 16.1. The monoisotopic (exact) mass is 1120 g/mol. The van der Waals surface area contributed by atoms with Crippen LogP contribution in [0.15, 0.2) is 72.9 Å². The minimum absolute atomic E-state index is 0.144. The highest BCUT2D eigenvalue weighted by atomic mass is 16.7. The Hall–Kier alpha value is -2.37. The van der Waals surface area contributed by atoms with Gasteiger partial charge in [0.15, 0.2) is 6.29 Å². The molecule has 0 saturated carbocycles. The van der Waals surface area contributed by atoms with Crippen molar-refractivity contribution in [2.75, 3.05) is 13.2 Å². The van der Waals surface area contributed by atoms with Crippen LogP contribution in [0.25, 0.3) is 0 Å². The number of ether oxygens (including phenoxy) is 2. The van der Waals surface area contributed by atoms with Crippen molar-refractivity contribution in [3.63, 3.8) is 0 Å². The molecule has 6 N–H and O–H groups in total. The quantitative estimate of drug-likeness (QED) is 0.0261.